The smallest absolute Gasteiger partial charge is 0.432 e. The molecule has 2 heterocycles. The Morgan fingerprint density at radius 3 is 1.86 bits per heavy atom. The summed E-state index contributed by atoms with van der Waals surface area (Å²) in [5.41, 5.74) is -3.61. The van der Waals surface area contributed by atoms with Crippen LogP contribution in [0.2, 0.25) is 0 Å². The summed E-state index contributed by atoms with van der Waals surface area (Å²) in [6, 6.07) is 24.3. The SMILES string of the molecule is CO[C@@](C(=O)O[C@H]1C[C@H]2CC[C@@H]1N2P(=O)(c1ccccc1)c1ccccc1)(c1ccccc1)C(F)(F)F. The van der Waals surface area contributed by atoms with E-state index in [1.54, 1.807) is 6.07 Å². The third-order valence-electron chi connectivity index (χ3n) is 7.41. The van der Waals surface area contributed by atoms with E-state index < -0.39 is 37.2 Å². The maximum absolute atomic E-state index is 14.9. The van der Waals surface area contributed by atoms with Gasteiger partial charge in [0.15, 0.2) is 0 Å². The number of rotatable bonds is 7. The van der Waals surface area contributed by atoms with E-state index >= 15 is 0 Å². The molecule has 0 aliphatic carbocycles. The highest BCUT2D eigenvalue weighted by molar-refractivity contribution is 7.76. The zero-order valence-corrected chi connectivity index (χ0v) is 21.1. The molecule has 37 heavy (non-hydrogen) atoms. The van der Waals surface area contributed by atoms with Crippen LogP contribution in [0.5, 0.6) is 0 Å². The Morgan fingerprint density at radius 2 is 1.38 bits per heavy atom. The molecule has 0 spiro atoms. The van der Waals surface area contributed by atoms with E-state index in [9.17, 15) is 22.5 Å². The fraction of sp³-hybridized carbons (Fsp3) is 0.321. The molecule has 5 rings (SSSR count). The van der Waals surface area contributed by atoms with Gasteiger partial charge in [0, 0.05) is 35.7 Å². The molecule has 2 aliphatic heterocycles. The Labute approximate surface area is 213 Å². The van der Waals surface area contributed by atoms with E-state index in [0.717, 1.165) is 13.5 Å². The van der Waals surface area contributed by atoms with Crippen molar-refractivity contribution in [2.45, 2.75) is 49.2 Å². The summed E-state index contributed by atoms with van der Waals surface area (Å²) in [6.45, 7) is 0. The number of halogens is 3. The zero-order chi connectivity index (χ0) is 26.3. The predicted molar refractivity (Wildman–Crippen MR) is 134 cm³/mol. The van der Waals surface area contributed by atoms with Crippen LogP contribution in [0, 0.1) is 0 Å². The predicted octanol–water partition coefficient (Wildman–Crippen LogP) is 5.17. The summed E-state index contributed by atoms with van der Waals surface area (Å²) in [5, 5.41) is 1.27. The molecule has 4 atom stereocenters. The lowest BCUT2D eigenvalue weighted by Gasteiger charge is -2.35. The number of ether oxygens (including phenoxy) is 2. The van der Waals surface area contributed by atoms with Crippen molar-refractivity contribution in [1.82, 2.24) is 4.67 Å². The zero-order valence-electron chi connectivity index (χ0n) is 20.2. The number of fused-ring (bicyclic) bond motifs is 2. The first kappa shape index (κ1) is 25.7. The van der Waals surface area contributed by atoms with Gasteiger partial charge in [-0.3, -0.25) is 4.57 Å². The molecule has 5 nitrogen and oxygen atoms in total. The van der Waals surface area contributed by atoms with Crippen molar-refractivity contribution in [3.63, 3.8) is 0 Å². The summed E-state index contributed by atoms with van der Waals surface area (Å²) in [6.07, 6.45) is -4.33. The summed E-state index contributed by atoms with van der Waals surface area (Å²) in [4.78, 5) is 13.3. The molecule has 0 unspecified atom stereocenters. The van der Waals surface area contributed by atoms with Crippen molar-refractivity contribution in [2.24, 2.45) is 0 Å². The average molecular weight is 529 g/mol. The van der Waals surface area contributed by atoms with Crippen molar-refractivity contribution in [3.05, 3.63) is 96.6 Å². The molecule has 0 N–H and O–H groups in total. The minimum atomic E-state index is -5.05. The van der Waals surface area contributed by atoms with Crippen LogP contribution in [-0.2, 0) is 24.4 Å². The van der Waals surface area contributed by atoms with Gasteiger partial charge in [-0.25, -0.2) is 9.46 Å². The molecule has 0 aromatic heterocycles. The third-order valence-corrected chi connectivity index (χ3v) is 10.7. The first-order valence-electron chi connectivity index (χ1n) is 12.1. The Bertz CT molecular complexity index is 1250. The summed E-state index contributed by atoms with van der Waals surface area (Å²) >= 11 is 0. The monoisotopic (exact) mass is 529 g/mol. The lowest BCUT2D eigenvalue weighted by molar-refractivity contribution is -0.278. The van der Waals surface area contributed by atoms with E-state index in [0.29, 0.717) is 23.5 Å². The summed E-state index contributed by atoms with van der Waals surface area (Å²) < 4.78 is 70.6. The van der Waals surface area contributed by atoms with Crippen molar-refractivity contribution >= 4 is 23.9 Å². The van der Waals surface area contributed by atoms with Gasteiger partial charge in [-0.05, 0) is 37.1 Å². The largest absolute Gasteiger partial charge is 0.458 e. The van der Waals surface area contributed by atoms with Crippen LogP contribution >= 0.6 is 7.29 Å². The Hall–Kier alpha value is -2.93. The maximum Gasteiger partial charge on any atom is 0.432 e. The van der Waals surface area contributed by atoms with E-state index in [1.165, 1.54) is 24.3 Å². The van der Waals surface area contributed by atoms with Crippen LogP contribution in [-0.4, -0.2) is 42.1 Å². The van der Waals surface area contributed by atoms with Crippen molar-refractivity contribution < 1.29 is 32.0 Å². The number of benzene rings is 3. The number of carbonyl (C=O) groups is 1. The fourth-order valence-electron chi connectivity index (χ4n) is 5.75. The molecular weight excluding hydrogens is 502 g/mol. The quantitative estimate of drug-likeness (QED) is 0.312. The number of carbonyl (C=O) groups excluding carboxylic acids is 1. The van der Waals surface area contributed by atoms with Crippen molar-refractivity contribution in [1.29, 1.82) is 0 Å². The van der Waals surface area contributed by atoms with E-state index in [2.05, 4.69) is 0 Å². The minimum Gasteiger partial charge on any atom is -0.458 e. The third kappa shape index (κ3) is 4.12. The van der Waals surface area contributed by atoms with Crippen LogP contribution in [0.3, 0.4) is 0 Å². The van der Waals surface area contributed by atoms with Crippen LogP contribution in [0.25, 0.3) is 0 Å². The standard InChI is InChI=1S/C28H27F3NO4P/c1-35-27(28(29,30)31,20-11-5-2-6-12-20)26(33)36-25-19-21-17-18-24(25)32(21)37(34,22-13-7-3-8-14-22)23-15-9-4-10-16-23/h2-16,21,24-25H,17-19H2,1H3/t21-,24+,25+,27-/m1/s1. The number of methoxy groups -OCH3 is 1. The van der Waals surface area contributed by atoms with Gasteiger partial charge in [0.05, 0.1) is 6.04 Å². The highest BCUT2D eigenvalue weighted by Crippen LogP contribution is 2.59. The highest BCUT2D eigenvalue weighted by atomic mass is 31.2. The number of hydrogen-bond acceptors (Lipinski definition) is 4. The van der Waals surface area contributed by atoms with Gasteiger partial charge in [-0.15, -0.1) is 0 Å². The second kappa shape index (κ2) is 9.75. The van der Waals surface area contributed by atoms with Crippen LogP contribution in [0.4, 0.5) is 13.2 Å². The fourth-order valence-corrected chi connectivity index (χ4v) is 9.09. The number of alkyl halides is 3. The Morgan fingerprint density at radius 1 is 0.865 bits per heavy atom. The molecule has 3 aromatic rings. The topological polar surface area (TPSA) is 55.8 Å². The second-order valence-electron chi connectivity index (χ2n) is 9.35. The molecule has 194 valence electrons. The van der Waals surface area contributed by atoms with Gasteiger partial charge in [-0.1, -0.05) is 66.7 Å². The maximum atomic E-state index is 14.9. The molecule has 3 aromatic carbocycles. The number of nitrogens with zero attached hydrogens (tertiary/aromatic N) is 1. The lowest BCUT2D eigenvalue weighted by Crippen LogP contribution is -2.53. The van der Waals surface area contributed by atoms with E-state index in [1.807, 2.05) is 65.3 Å². The van der Waals surface area contributed by atoms with E-state index in [4.69, 9.17) is 9.47 Å². The molecule has 0 amide bonds. The van der Waals surface area contributed by atoms with Crippen LogP contribution < -0.4 is 10.6 Å². The highest BCUT2D eigenvalue weighted by Gasteiger charge is 2.65. The lowest BCUT2D eigenvalue weighted by atomic mass is 9.92. The average Bonchev–Trinajstić information content (AvgIpc) is 3.48. The molecule has 9 heteroatoms. The van der Waals surface area contributed by atoms with Crippen molar-refractivity contribution in [3.8, 4) is 0 Å². The molecule has 2 aliphatic rings. The molecule has 0 saturated carbocycles. The second-order valence-corrected chi connectivity index (χ2v) is 12.0. The number of esters is 1. The summed E-state index contributed by atoms with van der Waals surface area (Å²) in [5.74, 6) is -1.51. The van der Waals surface area contributed by atoms with Gasteiger partial charge >= 0.3 is 12.1 Å². The minimum absolute atomic E-state index is 0.200. The molecular formula is C28H27F3NO4P. The van der Waals surface area contributed by atoms with Crippen LogP contribution in [0.1, 0.15) is 24.8 Å². The molecule has 2 saturated heterocycles. The number of hydrogen-bond donors (Lipinski definition) is 0. The van der Waals surface area contributed by atoms with Gasteiger partial charge in [-0.2, -0.15) is 13.2 Å². The van der Waals surface area contributed by atoms with Gasteiger partial charge in [0.2, 0.25) is 7.29 Å². The normalized spacial score (nSPS) is 23.5. The molecule has 0 radical (unpaired) electrons. The van der Waals surface area contributed by atoms with Crippen LogP contribution in [0.15, 0.2) is 91.0 Å². The van der Waals surface area contributed by atoms with Gasteiger partial charge in [0.25, 0.3) is 5.60 Å². The first-order chi connectivity index (χ1) is 17.7. The molecule has 2 fully saturated rings. The molecule has 2 bridgehead atoms. The Balaban J connectivity index is 1.51. The summed E-state index contributed by atoms with van der Waals surface area (Å²) in [7, 11) is -2.50. The van der Waals surface area contributed by atoms with Gasteiger partial charge in [0.1, 0.15) is 6.10 Å². The van der Waals surface area contributed by atoms with Crippen molar-refractivity contribution in [2.75, 3.05) is 7.11 Å². The first-order valence-corrected chi connectivity index (χ1v) is 13.8. The van der Waals surface area contributed by atoms with Gasteiger partial charge < -0.3 is 9.47 Å². The van der Waals surface area contributed by atoms with E-state index in [-0.39, 0.29) is 11.6 Å². The Kier molecular flexibility index (Phi) is 6.77.